The lowest BCUT2D eigenvalue weighted by Gasteiger charge is -2.05. The molecular weight excluding hydrogens is 132 g/mol. The fraction of sp³-hybridized carbons (Fsp3) is 0.818. The van der Waals surface area contributed by atoms with Gasteiger partial charge in [0.05, 0.1) is 0 Å². The zero-order valence-electron chi connectivity index (χ0n) is 8.32. The highest BCUT2D eigenvalue weighted by atomic mass is 14.0. The molecule has 1 rings (SSSR count). The summed E-state index contributed by atoms with van der Waals surface area (Å²) in [4.78, 5) is 0. The zero-order valence-corrected chi connectivity index (χ0v) is 8.32. The van der Waals surface area contributed by atoms with Gasteiger partial charge in [0.1, 0.15) is 0 Å². The van der Waals surface area contributed by atoms with E-state index in [1.165, 1.54) is 38.5 Å². The lowest BCUT2D eigenvalue weighted by molar-refractivity contribution is 0.504. The van der Waals surface area contributed by atoms with Gasteiger partial charge in [0.2, 0.25) is 0 Å². The van der Waals surface area contributed by atoms with E-state index < -0.39 is 0 Å². The van der Waals surface area contributed by atoms with Gasteiger partial charge in [0.15, 0.2) is 0 Å². The van der Waals surface area contributed by atoms with Crippen molar-refractivity contribution in [1.82, 2.24) is 0 Å². The van der Waals surface area contributed by atoms with Gasteiger partial charge in [-0.15, -0.1) is 12.3 Å². The van der Waals surface area contributed by atoms with Crippen molar-refractivity contribution in [3.63, 3.8) is 0 Å². The fourth-order valence-electron chi connectivity index (χ4n) is 1.06. The Labute approximate surface area is 72.4 Å². The molecule has 0 atom stereocenters. The second kappa shape index (κ2) is 16.3. The van der Waals surface area contributed by atoms with Crippen LogP contribution in [0.3, 0.4) is 0 Å². The van der Waals surface area contributed by atoms with Crippen molar-refractivity contribution in [1.29, 1.82) is 0 Å². The van der Waals surface area contributed by atoms with Crippen LogP contribution in [0.2, 0.25) is 0 Å². The van der Waals surface area contributed by atoms with Crippen LogP contribution in [0, 0.1) is 12.3 Å². The maximum absolute atomic E-state index is 4.60. The summed E-state index contributed by atoms with van der Waals surface area (Å²) in [5, 5.41) is 0. The summed E-state index contributed by atoms with van der Waals surface area (Å²) in [5.74, 6) is 2.25. The van der Waals surface area contributed by atoms with Crippen LogP contribution >= 0.6 is 0 Å². The normalized spacial score (nSPS) is 14.4. The van der Waals surface area contributed by atoms with E-state index in [2.05, 4.69) is 12.3 Å². The third-order valence-electron chi connectivity index (χ3n) is 1.50. The van der Waals surface area contributed by atoms with Crippen LogP contribution in [0.1, 0.15) is 59.3 Å². The molecule has 0 spiro atoms. The summed E-state index contributed by atoms with van der Waals surface area (Å²) in [6.45, 7) is 5.65. The van der Waals surface area contributed by atoms with Crippen molar-refractivity contribution >= 4 is 0 Å². The standard InChI is InChI=1S/C6H12.C3H4.C2H6/c1-2-4-6-5-3-1;1-3-2;1-2/h1-6H2;1H,2H3;1-2H3. The SMILES string of the molecule is C#CC.C1CCCCC1.CC. The molecule has 1 aliphatic rings. The van der Waals surface area contributed by atoms with Gasteiger partial charge in [0.25, 0.3) is 0 Å². The van der Waals surface area contributed by atoms with Crippen LogP contribution in [0.5, 0.6) is 0 Å². The van der Waals surface area contributed by atoms with Gasteiger partial charge in [-0.3, -0.25) is 0 Å². The minimum atomic E-state index is 1.50. The third-order valence-corrected chi connectivity index (χ3v) is 1.50. The summed E-state index contributed by atoms with van der Waals surface area (Å²) in [6.07, 6.45) is 13.6. The molecule has 0 unspecified atom stereocenters. The van der Waals surface area contributed by atoms with Crippen LogP contribution in [-0.4, -0.2) is 0 Å². The van der Waals surface area contributed by atoms with Crippen molar-refractivity contribution in [3.05, 3.63) is 0 Å². The number of rotatable bonds is 0. The highest BCUT2D eigenvalue weighted by Crippen LogP contribution is 2.15. The van der Waals surface area contributed by atoms with Crippen LogP contribution in [0.25, 0.3) is 0 Å². The largest absolute Gasteiger partial charge is 0.120 e. The summed E-state index contributed by atoms with van der Waals surface area (Å²) < 4.78 is 0. The second-order valence-corrected chi connectivity index (χ2v) is 2.41. The summed E-state index contributed by atoms with van der Waals surface area (Å²) in [5.41, 5.74) is 0. The Hall–Kier alpha value is -0.440. The lowest BCUT2D eigenvalue weighted by atomic mass is 10.0. The third kappa shape index (κ3) is 17.7. The molecule has 0 heterocycles. The Bertz CT molecular complexity index is 61.0. The van der Waals surface area contributed by atoms with E-state index in [0.29, 0.717) is 0 Å². The molecule has 0 radical (unpaired) electrons. The van der Waals surface area contributed by atoms with Crippen molar-refractivity contribution in [2.45, 2.75) is 59.3 Å². The molecule has 1 saturated carbocycles. The highest BCUT2D eigenvalue weighted by Gasteiger charge is 1.95. The Morgan fingerprint density at radius 2 is 0.909 bits per heavy atom. The molecule has 0 aromatic rings. The Kier molecular flexibility index (Phi) is 19.5. The minimum Gasteiger partial charge on any atom is -0.120 e. The maximum atomic E-state index is 4.60. The topological polar surface area (TPSA) is 0 Å². The van der Waals surface area contributed by atoms with E-state index in [-0.39, 0.29) is 0 Å². The van der Waals surface area contributed by atoms with Gasteiger partial charge >= 0.3 is 0 Å². The molecule has 0 bridgehead atoms. The van der Waals surface area contributed by atoms with E-state index >= 15 is 0 Å². The van der Waals surface area contributed by atoms with Gasteiger partial charge in [0, 0.05) is 0 Å². The molecular formula is C11H22. The van der Waals surface area contributed by atoms with Crippen molar-refractivity contribution < 1.29 is 0 Å². The quantitative estimate of drug-likeness (QED) is 0.462. The minimum absolute atomic E-state index is 1.50. The fourth-order valence-corrected chi connectivity index (χ4v) is 1.06. The molecule has 0 aliphatic heterocycles. The summed E-state index contributed by atoms with van der Waals surface area (Å²) in [6, 6.07) is 0. The predicted octanol–water partition coefficient (Wildman–Crippen LogP) is 4.01. The molecule has 0 heteroatoms. The predicted molar refractivity (Wildman–Crippen MR) is 53.6 cm³/mol. The van der Waals surface area contributed by atoms with Crippen molar-refractivity contribution in [2.24, 2.45) is 0 Å². The molecule has 0 N–H and O–H groups in total. The smallest absolute Gasteiger partial charge is 0.00297 e. The molecule has 66 valence electrons. The molecule has 0 nitrogen and oxygen atoms in total. The van der Waals surface area contributed by atoms with Gasteiger partial charge in [-0.25, -0.2) is 0 Å². The van der Waals surface area contributed by atoms with Gasteiger partial charge in [-0.05, 0) is 6.92 Å². The van der Waals surface area contributed by atoms with E-state index in [9.17, 15) is 0 Å². The molecule has 0 aromatic carbocycles. The van der Waals surface area contributed by atoms with Crippen LogP contribution < -0.4 is 0 Å². The number of hydrogen-bond donors (Lipinski definition) is 0. The molecule has 0 aromatic heterocycles. The van der Waals surface area contributed by atoms with Crippen LogP contribution in [0.4, 0.5) is 0 Å². The maximum Gasteiger partial charge on any atom is -0.00297 e. The lowest BCUT2D eigenvalue weighted by Crippen LogP contribution is -1.85. The summed E-state index contributed by atoms with van der Waals surface area (Å²) >= 11 is 0. The van der Waals surface area contributed by atoms with Crippen molar-refractivity contribution in [3.8, 4) is 12.3 Å². The van der Waals surface area contributed by atoms with Crippen molar-refractivity contribution in [2.75, 3.05) is 0 Å². The van der Waals surface area contributed by atoms with Gasteiger partial charge in [-0.1, -0.05) is 52.4 Å². The Balaban J connectivity index is 0. The first-order valence-electron chi connectivity index (χ1n) is 4.79. The highest BCUT2D eigenvalue weighted by molar-refractivity contribution is 4.73. The first-order valence-corrected chi connectivity index (χ1v) is 4.79. The Morgan fingerprint density at radius 1 is 0.818 bits per heavy atom. The monoisotopic (exact) mass is 154 g/mol. The number of terminal acetylenes is 1. The first-order chi connectivity index (χ1) is 5.41. The molecule has 0 saturated heterocycles. The second-order valence-electron chi connectivity index (χ2n) is 2.41. The molecule has 1 aliphatic carbocycles. The van der Waals surface area contributed by atoms with E-state index in [4.69, 9.17) is 0 Å². The molecule has 1 fully saturated rings. The zero-order chi connectivity index (χ0) is 8.95. The summed E-state index contributed by atoms with van der Waals surface area (Å²) in [7, 11) is 0. The van der Waals surface area contributed by atoms with Gasteiger partial charge < -0.3 is 0 Å². The average molecular weight is 154 g/mol. The van der Waals surface area contributed by atoms with E-state index in [0.717, 1.165) is 0 Å². The number of hydrogen-bond acceptors (Lipinski definition) is 0. The first kappa shape index (κ1) is 13.2. The van der Waals surface area contributed by atoms with Gasteiger partial charge in [-0.2, -0.15) is 0 Å². The average Bonchev–Trinajstić information content (AvgIpc) is 2.12. The Morgan fingerprint density at radius 3 is 1.00 bits per heavy atom. The van der Waals surface area contributed by atoms with Crippen LogP contribution in [0.15, 0.2) is 0 Å². The van der Waals surface area contributed by atoms with E-state index in [1.807, 2.05) is 13.8 Å². The van der Waals surface area contributed by atoms with Crippen LogP contribution in [-0.2, 0) is 0 Å². The molecule has 11 heavy (non-hydrogen) atoms. The molecule has 0 amide bonds. The van der Waals surface area contributed by atoms with E-state index in [1.54, 1.807) is 6.92 Å².